The summed E-state index contributed by atoms with van der Waals surface area (Å²) in [5, 5.41) is 4.02. The molecular formula is C12H12F2N2S2. The van der Waals surface area contributed by atoms with Gasteiger partial charge in [0.1, 0.15) is 0 Å². The SMILES string of the molecule is CCNc1ncc(CSc2ccc(F)c(F)c2)s1. The maximum Gasteiger partial charge on any atom is 0.182 e. The molecule has 1 N–H and O–H groups in total. The van der Waals surface area contributed by atoms with E-state index in [1.54, 1.807) is 23.6 Å². The van der Waals surface area contributed by atoms with Crippen LogP contribution in [0.25, 0.3) is 0 Å². The Hall–Kier alpha value is -1.14. The van der Waals surface area contributed by atoms with Crippen molar-refractivity contribution < 1.29 is 8.78 Å². The van der Waals surface area contributed by atoms with Gasteiger partial charge < -0.3 is 5.32 Å². The molecule has 0 fully saturated rings. The summed E-state index contributed by atoms with van der Waals surface area (Å²) in [6, 6.07) is 3.94. The number of benzene rings is 1. The van der Waals surface area contributed by atoms with Crippen LogP contribution in [0.5, 0.6) is 0 Å². The fourth-order valence-corrected chi connectivity index (χ4v) is 3.15. The fourth-order valence-electron chi connectivity index (χ4n) is 1.33. The van der Waals surface area contributed by atoms with E-state index in [1.165, 1.54) is 17.8 Å². The molecule has 0 bridgehead atoms. The molecule has 0 saturated heterocycles. The second kappa shape index (κ2) is 6.15. The van der Waals surface area contributed by atoms with E-state index in [1.807, 2.05) is 6.92 Å². The molecule has 0 saturated carbocycles. The van der Waals surface area contributed by atoms with E-state index in [4.69, 9.17) is 0 Å². The molecule has 6 heteroatoms. The quantitative estimate of drug-likeness (QED) is 0.836. The van der Waals surface area contributed by atoms with Crippen molar-refractivity contribution in [3.8, 4) is 0 Å². The Morgan fingerprint density at radius 1 is 1.33 bits per heavy atom. The van der Waals surface area contributed by atoms with Crippen molar-refractivity contribution in [2.24, 2.45) is 0 Å². The molecule has 1 aromatic carbocycles. The van der Waals surface area contributed by atoms with Crippen LogP contribution in [0.15, 0.2) is 29.3 Å². The Labute approximate surface area is 112 Å². The van der Waals surface area contributed by atoms with Gasteiger partial charge in [-0.3, -0.25) is 0 Å². The maximum atomic E-state index is 13.0. The molecule has 0 atom stereocenters. The van der Waals surface area contributed by atoms with Crippen LogP contribution < -0.4 is 5.32 Å². The number of hydrogen-bond donors (Lipinski definition) is 1. The maximum absolute atomic E-state index is 13.0. The summed E-state index contributed by atoms with van der Waals surface area (Å²) in [7, 11) is 0. The van der Waals surface area contributed by atoms with Crippen molar-refractivity contribution in [1.82, 2.24) is 4.98 Å². The highest BCUT2D eigenvalue weighted by molar-refractivity contribution is 7.98. The van der Waals surface area contributed by atoms with E-state index in [-0.39, 0.29) is 0 Å². The van der Waals surface area contributed by atoms with Crippen molar-refractivity contribution in [1.29, 1.82) is 0 Å². The Bertz CT molecular complexity index is 529. The van der Waals surface area contributed by atoms with Gasteiger partial charge in [0.25, 0.3) is 0 Å². The van der Waals surface area contributed by atoms with Crippen LogP contribution >= 0.6 is 23.1 Å². The van der Waals surface area contributed by atoms with Crippen molar-refractivity contribution in [2.75, 3.05) is 11.9 Å². The Morgan fingerprint density at radius 3 is 2.89 bits per heavy atom. The monoisotopic (exact) mass is 286 g/mol. The number of thioether (sulfide) groups is 1. The van der Waals surface area contributed by atoms with Gasteiger partial charge in [0.15, 0.2) is 16.8 Å². The van der Waals surface area contributed by atoms with E-state index < -0.39 is 11.6 Å². The highest BCUT2D eigenvalue weighted by Gasteiger charge is 2.05. The van der Waals surface area contributed by atoms with E-state index in [9.17, 15) is 8.78 Å². The van der Waals surface area contributed by atoms with E-state index in [2.05, 4.69) is 10.3 Å². The largest absolute Gasteiger partial charge is 0.362 e. The highest BCUT2D eigenvalue weighted by Crippen LogP contribution is 2.28. The lowest BCUT2D eigenvalue weighted by Gasteiger charge is -2.00. The number of halogens is 2. The summed E-state index contributed by atoms with van der Waals surface area (Å²) < 4.78 is 25.8. The number of thiazole rings is 1. The first kappa shape index (κ1) is 13.3. The summed E-state index contributed by atoms with van der Waals surface area (Å²) in [5.74, 6) is -0.919. The van der Waals surface area contributed by atoms with Crippen LogP contribution in [0.4, 0.5) is 13.9 Å². The van der Waals surface area contributed by atoms with Gasteiger partial charge >= 0.3 is 0 Å². The summed E-state index contributed by atoms with van der Waals surface area (Å²) in [5.41, 5.74) is 0. The number of nitrogens with one attached hydrogen (secondary N) is 1. The topological polar surface area (TPSA) is 24.9 Å². The first-order valence-electron chi connectivity index (χ1n) is 5.45. The van der Waals surface area contributed by atoms with E-state index in [0.29, 0.717) is 10.6 Å². The van der Waals surface area contributed by atoms with Crippen molar-refractivity contribution >= 4 is 28.2 Å². The third kappa shape index (κ3) is 3.43. The molecule has 1 aromatic heterocycles. The number of nitrogens with zero attached hydrogens (tertiary/aromatic N) is 1. The minimum absolute atomic E-state index is 0.703. The van der Waals surface area contributed by atoms with Gasteiger partial charge in [-0.15, -0.1) is 23.1 Å². The van der Waals surface area contributed by atoms with E-state index >= 15 is 0 Å². The molecular weight excluding hydrogens is 274 g/mol. The van der Waals surface area contributed by atoms with E-state index in [0.717, 1.165) is 22.6 Å². The zero-order valence-corrected chi connectivity index (χ0v) is 11.4. The van der Waals surface area contributed by atoms with Gasteiger partial charge in [0.05, 0.1) is 0 Å². The van der Waals surface area contributed by atoms with Crippen LogP contribution in [0, 0.1) is 11.6 Å². The zero-order chi connectivity index (χ0) is 13.0. The molecule has 0 amide bonds. The molecule has 18 heavy (non-hydrogen) atoms. The summed E-state index contributed by atoms with van der Waals surface area (Å²) in [6.45, 7) is 2.85. The standard InChI is InChI=1S/C12H12F2N2S2/c1-2-15-12-16-6-9(18-12)7-17-8-3-4-10(13)11(14)5-8/h3-6H,2,7H2,1H3,(H,15,16). The predicted molar refractivity (Wildman–Crippen MR) is 72.2 cm³/mol. The normalized spacial score (nSPS) is 10.6. The molecule has 2 rings (SSSR count). The first-order chi connectivity index (χ1) is 8.69. The van der Waals surface area contributed by atoms with Crippen molar-refractivity contribution in [3.63, 3.8) is 0 Å². The third-order valence-corrected chi connectivity index (χ3v) is 4.33. The van der Waals surface area contributed by atoms with Gasteiger partial charge in [-0.2, -0.15) is 0 Å². The van der Waals surface area contributed by atoms with Gasteiger partial charge in [-0.1, -0.05) is 0 Å². The fraction of sp³-hybridized carbons (Fsp3) is 0.250. The Balaban J connectivity index is 1.95. The Kier molecular flexibility index (Phi) is 4.54. The molecule has 0 aliphatic carbocycles. The second-order valence-electron chi connectivity index (χ2n) is 3.53. The Morgan fingerprint density at radius 2 is 2.17 bits per heavy atom. The summed E-state index contributed by atoms with van der Waals surface area (Å²) >= 11 is 3.04. The summed E-state index contributed by atoms with van der Waals surface area (Å²) in [4.78, 5) is 6.02. The molecule has 0 unspecified atom stereocenters. The second-order valence-corrected chi connectivity index (χ2v) is 5.69. The smallest absolute Gasteiger partial charge is 0.182 e. The van der Waals surface area contributed by atoms with Crippen LogP contribution in [-0.2, 0) is 5.75 Å². The minimum Gasteiger partial charge on any atom is -0.362 e. The van der Waals surface area contributed by atoms with Crippen LogP contribution in [0.2, 0.25) is 0 Å². The van der Waals surface area contributed by atoms with Crippen LogP contribution in [0.3, 0.4) is 0 Å². The lowest BCUT2D eigenvalue weighted by Crippen LogP contribution is -1.94. The zero-order valence-electron chi connectivity index (χ0n) is 9.74. The van der Waals surface area contributed by atoms with Crippen LogP contribution in [-0.4, -0.2) is 11.5 Å². The average molecular weight is 286 g/mol. The van der Waals surface area contributed by atoms with Gasteiger partial charge in [0.2, 0.25) is 0 Å². The number of aromatic nitrogens is 1. The van der Waals surface area contributed by atoms with Gasteiger partial charge in [0, 0.05) is 28.3 Å². The number of rotatable bonds is 5. The average Bonchev–Trinajstić information content (AvgIpc) is 2.79. The lowest BCUT2D eigenvalue weighted by atomic mass is 10.3. The molecule has 2 aromatic rings. The number of anilines is 1. The third-order valence-electron chi connectivity index (χ3n) is 2.15. The minimum atomic E-state index is -0.813. The summed E-state index contributed by atoms with van der Waals surface area (Å²) in [6.07, 6.45) is 1.80. The lowest BCUT2D eigenvalue weighted by molar-refractivity contribution is 0.506. The van der Waals surface area contributed by atoms with Gasteiger partial charge in [-0.05, 0) is 25.1 Å². The molecule has 0 radical (unpaired) electrons. The molecule has 0 spiro atoms. The van der Waals surface area contributed by atoms with Crippen molar-refractivity contribution in [2.45, 2.75) is 17.6 Å². The number of hydrogen-bond acceptors (Lipinski definition) is 4. The highest BCUT2D eigenvalue weighted by atomic mass is 32.2. The molecule has 0 aliphatic rings. The predicted octanol–water partition coefficient (Wildman–Crippen LogP) is 4.15. The molecule has 2 nitrogen and oxygen atoms in total. The molecule has 1 heterocycles. The van der Waals surface area contributed by atoms with Crippen LogP contribution in [0.1, 0.15) is 11.8 Å². The molecule has 96 valence electrons. The van der Waals surface area contributed by atoms with Crippen molar-refractivity contribution in [3.05, 3.63) is 40.9 Å². The van der Waals surface area contributed by atoms with Gasteiger partial charge in [-0.25, -0.2) is 13.8 Å². The first-order valence-corrected chi connectivity index (χ1v) is 7.25. The molecule has 0 aliphatic heterocycles.